The minimum atomic E-state index is 0.604. The van der Waals surface area contributed by atoms with E-state index in [-0.39, 0.29) is 0 Å². The number of nitrogens with zero attached hydrogens (tertiary/aromatic N) is 1. The van der Waals surface area contributed by atoms with Crippen molar-refractivity contribution in [3.63, 3.8) is 0 Å². The Morgan fingerprint density at radius 2 is 2.00 bits per heavy atom. The molecule has 0 amide bonds. The summed E-state index contributed by atoms with van der Waals surface area (Å²) in [4.78, 5) is 4.57. The first-order chi connectivity index (χ1) is 9.19. The number of aryl methyl sites for hydroxylation is 1. The van der Waals surface area contributed by atoms with Crippen molar-refractivity contribution >= 4 is 0 Å². The zero-order chi connectivity index (χ0) is 13.7. The van der Waals surface area contributed by atoms with Crippen LogP contribution in [0.3, 0.4) is 0 Å². The summed E-state index contributed by atoms with van der Waals surface area (Å²) in [5.41, 5.74) is 2.48. The molecule has 1 aromatic heterocycles. The Bertz CT molecular complexity index is 363. The standard InChI is InChI=1S/C17H28N2/c1-4-18-17(15-8-5-13(2)6-9-15)11-16-10-7-14(3)12-19-16/h7,10,12-13,15,17-18H,4-6,8-9,11H2,1-3H3. The first-order valence-corrected chi connectivity index (χ1v) is 7.84. The molecular formula is C17H28N2. The molecule has 1 aromatic rings. The van der Waals surface area contributed by atoms with Gasteiger partial charge >= 0.3 is 0 Å². The Labute approximate surface area is 118 Å². The minimum Gasteiger partial charge on any atom is -0.314 e. The van der Waals surface area contributed by atoms with Crippen LogP contribution in [0.15, 0.2) is 18.3 Å². The van der Waals surface area contributed by atoms with Crippen molar-refractivity contribution in [2.45, 2.75) is 58.9 Å². The number of hydrogen-bond donors (Lipinski definition) is 1. The highest BCUT2D eigenvalue weighted by atomic mass is 14.9. The molecule has 19 heavy (non-hydrogen) atoms. The smallest absolute Gasteiger partial charge is 0.0419 e. The Kier molecular flexibility index (Phi) is 5.38. The lowest BCUT2D eigenvalue weighted by Gasteiger charge is -2.33. The number of aromatic nitrogens is 1. The van der Waals surface area contributed by atoms with Crippen LogP contribution in [0.4, 0.5) is 0 Å². The summed E-state index contributed by atoms with van der Waals surface area (Å²) in [5.74, 6) is 1.76. The van der Waals surface area contributed by atoms with Gasteiger partial charge in [-0.15, -0.1) is 0 Å². The fourth-order valence-corrected chi connectivity index (χ4v) is 3.20. The SMILES string of the molecule is CCNC(Cc1ccc(C)cn1)C1CCC(C)CC1. The van der Waals surface area contributed by atoms with E-state index in [1.165, 1.54) is 36.9 Å². The van der Waals surface area contributed by atoms with E-state index in [1.807, 2.05) is 6.20 Å². The van der Waals surface area contributed by atoms with Gasteiger partial charge in [0.05, 0.1) is 0 Å². The zero-order valence-electron chi connectivity index (χ0n) is 12.7. The van der Waals surface area contributed by atoms with Gasteiger partial charge in [-0.05, 0) is 49.8 Å². The van der Waals surface area contributed by atoms with Crippen LogP contribution in [0.1, 0.15) is 50.8 Å². The second kappa shape index (κ2) is 7.04. The molecule has 0 aromatic carbocycles. The monoisotopic (exact) mass is 260 g/mol. The number of rotatable bonds is 5. The summed E-state index contributed by atoms with van der Waals surface area (Å²) < 4.78 is 0. The van der Waals surface area contributed by atoms with E-state index in [1.54, 1.807) is 0 Å². The van der Waals surface area contributed by atoms with Crippen molar-refractivity contribution in [1.29, 1.82) is 0 Å². The highest BCUT2D eigenvalue weighted by Crippen LogP contribution is 2.31. The Hall–Kier alpha value is -0.890. The molecule has 1 aliphatic rings. The molecule has 0 spiro atoms. The highest BCUT2D eigenvalue weighted by molar-refractivity contribution is 5.13. The van der Waals surface area contributed by atoms with Gasteiger partial charge in [0.15, 0.2) is 0 Å². The summed E-state index contributed by atoms with van der Waals surface area (Å²) in [7, 11) is 0. The lowest BCUT2D eigenvalue weighted by Crippen LogP contribution is -2.39. The van der Waals surface area contributed by atoms with Crippen molar-refractivity contribution in [3.05, 3.63) is 29.6 Å². The molecule has 0 bridgehead atoms. The average Bonchev–Trinajstić information content (AvgIpc) is 2.42. The van der Waals surface area contributed by atoms with Gasteiger partial charge in [-0.2, -0.15) is 0 Å². The Morgan fingerprint density at radius 1 is 1.26 bits per heavy atom. The highest BCUT2D eigenvalue weighted by Gasteiger charge is 2.25. The maximum atomic E-state index is 4.57. The van der Waals surface area contributed by atoms with Crippen molar-refractivity contribution in [2.24, 2.45) is 11.8 Å². The molecule has 2 heteroatoms. The fourth-order valence-electron chi connectivity index (χ4n) is 3.20. The van der Waals surface area contributed by atoms with Crippen LogP contribution >= 0.6 is 0 Å². The minimum absolute atomic E-state index is 0.604. The van der Waals surface area contributed by atoms with Crippen LogP contribution in [0.25, 0.3) is 0 Å². The van der Waals surface area contributed by atoms with E-state index in [0.29, 0.717) is 6.04 Å². The Balaban J connectivity index is 1.97. The topological polar surface area (TPSA) is 24.9 Å². The first kappa shape index (κ1) is 14.5. The van der Waals surface area contributed by atoms with Crippen LogP contribution in [0, 0.1) is 18.8 Å². The van der Waals surface area contributed by atoms with E-state index < -0.39 is 0 Å². The molecule has 1 N–H and O–H groups in total. The lowest BCUT2D eigenvalue weighted by molar-refractivity contribution is 0.229. The maximum Gasteiger partial charge on any atom is 0.0419 e. The zero-order valence-corrected chi connectivity index (χ0v) is 12.7. The van der Waals surface area contributed by atoms with E-state index in [2.05, 4.69) is 43.2 Å². The van der Waals surface area contributed by atoms with E-state index in [9.17, 15) is 0 Å². The van der Waals surface area contributed by atoms with Crippen LogP contribution < -0.4 is 5.32 Å². The molecule has 2 rings (SSSR count). The van der Waals surface area contributed by atoms with E-state index in [4.69, 9.17) is 0 Å². The lowest BCUT2D eigenvalue weighted by atomic mass is 9.78. The van der Waals surface area contributed by atoms with Crippen LogP contribution in [-0.2, 0) is 6.42 Å². The third-order valence-electron chi connectivity index (χ3n) is 4.50. The molecular weight excluding hydrogens is 232 g/mol. The molecule has 1 fully saturated rings. The number of pyridine rings is 1. The summed E-state index contributed by atoms with van der Waals surface area (Å²) in [6.07, 6.45) is 8.62. The van der Waals surface area contributed by atoms with Crippen LogP contribution in [-0.4, -0.2) is 17.6 Å². The molecule has 1 unspecified atom stereocenters. The summed E-state index contributed by atoms with van der Waals surface area (Å²) in [6.45, 7) is 7.75. The van der Waals surface area contributed by atoms with Gasteiger partial charge in [-0.3, -0.25) is 4.98 Å². The van der Waals surface area contributed by atoms with Crippen molar-refractivity contribution < 1.29 is 0 Å². The molecule has 0 radical (unpaired) electrons. The van der Waals surface area contributed by atoms with Crippen LogP contribution in [0.2, 0.25) is 0 Å². The third-order valence-corrected chi connectivity index (χ3v) is 4.50. The van der Waals surface area contributed by atoms with Crippen molar-refractivity contribution in [3.8, 4) is 0 Å². The molecule has 1 aliphatic carbocycles. The van der Waals surface area contributed by atoms with E-state index >= 15 is 0 Å². The fraction of sp³-hybridized carbons (Fsp3) is 0.706. The summed E-state index contributed by atoms with van der Waals surface area (Å²) in [6, 6.07) is 4.96. The molecule has 2 nitrogen and oxygen atoms in total. The van der Waals surface area contributed by atoms with Gasteiger partial charge in [-0.1, -0.05) is 32.8 Å². The normalized spacial score (nSPS) is 25.2. The number of likely N-dealkylation sites (N-methyl/N-ethyl adjacent to an activating group) is 1. The first-order valence-electron chi connectivity index (χ1n) is 7.84. The molecule has 106 valence electrons. The second-order valence-electron chi connectivity index (χ2n) is 6.22. The predicted molar refractivity (Wildman–Crippen MR) is 81.3 cm³/mol. The molecule has 1 heterocycles. The summed E-state index contributed by atoms with van der Waals surface area (Å²) in [5, 5.41) is 3.69. The van der Waals surface area contributed by atoms with Gasteiger partial charge in [0.1, 0.15) is 0 Å². The molecule has 0 aliphatic heterocycles. The predicted octanol–water partition coefficient (Wildman–Crippen LogP) is 3.74. The van der Waals surface area contributed by atoms with Gasteiger partial charge in [-0.25, -0.2) is 0 Å². The van der Waals surface area contributed by atoms with Crippen LogP contribution in [0.5, 0.6) is 0 Å². The van der Waals surface area contributed by atoms with Crippen molar-refractivity contribution in [2.75, 3.05) is 6.54 Å². The molecule has 1 atom stereocenters. The van der Waals surface area contributed by atoms with Crippen molar-refractivity contribution in [1.82, 2.24) is 10.3 Å². The average molecular weight is 260 g/mol. The molecule has 0 saturated heterocycles. The van der Waals surface area contributed by atoms with Gasteiger partial charge in [0, 0.05) is 24.4 Å². The van der Waals surface area contributed by atoms with E-state index in [0.717, 1.165) is 24.8 Å². The Morgan fingerprint density at radius 3 is 2.58 bits per heavy atom. The second-order valence-corrected chi connectivity index (χ2v) is 6.22. The largest absolute Gasteiger partial charge is 0.314 e. The third kappa shape index (κ3) is 4.31. The maximum absolute atomic E-state index is 4.57. The van der Waals surface area contributed by atoms with Gasteiger partial charge < -0.3 is 5.32 Å². The number of nitrogens with one attached hydrogen (secondary N) is 1. The van der Waals surface area contributed by atoms with Gasteiger partial charge in [0.2, 0.25) is 0 Å². The quantitative estimate of drug-likeness (QED) is 0.872. The summed E-state index contributed by atoms with van der Waals surface area (Å²) >= 11 is 0. The molecule has 1 saturated carbocycles. The van der Waals surface area contributed by atoms with Gasteiger partial charge in [0.25, 0.3) is 0 Å². The number of hydrogen-bond acceptors (Lipinski definition) is 2.